The van der Waals surface area contributed by atoms with E-state index in [4.69, 9.17) is 0 Å². The molecule has 0 atom stereocenters. The van der Waals surface area contributed by atoms with Crippen molar-refractivity contribution in [3.63, 3.8) is 0 Å². The minimum Gasteiger partial charge on any atom is -0.347 e. The predicted octanol–water partition coefficient (Wildman–Crippen LogP) is 3.79. The molecule has 0 spiro atoms. The van der Waals surface area contributed by atoms with Gasteiger partial charge in [0.15, 0.2) is 0 Å². The van der Waals surface area contributed by atoms with Crippen molar-refractivity contribution in [2.75, 3.05) is 0 Å². The monoisotopic (exact) mass is 333 g/mol. The van der Waals surface area contributed by atoms with Crippen LogP contribution in [0.25, 0.3) is 0 Å². The van der Waals surface area contributed by atoms with Crippen LogP contribution in [0.15, 0.2) is 54.9 Å². The van der Waals surface area contributed by atoms with E-state index in [1.165, 1.54) is 11.1 Å². The molecule has 0 saturated carbocycles. The van der Waals surface area contributed by atoms with Gasteiger partial charge in [0.1, 0.15) is 5.69 Å². The highest BCUT2D eigenvalue weighted by molar-refractivity contribution is 5.94. The van der Waals surface area contributed by atoms with Crippen LogP contribution in [0.4, 0.5) is 0 Å². The van der Waals surface area contributed by atoms with Gasteiger partial charge in [-0.1, -0.05) is 30.3 Å². The maximum Gasteiger partial charge on any atom is 0.268 e. The van der Waals surface area contributed by atoms with Gasteiger partial charge in [0.05, 0.1) is 0 Å². The van der Waals surface area contributed by atoms with E-state index in [9.17, 15) is 4.79 Å². The number of carbonyl (C=O) groups is 1. The fourth-order valence-corrected chi connectivity index (χ4v) is 3.08. The van der Waals surface area contributed by atoms with E-state index in [0.717, 1.165) is 22.5 Å². The Bertz CT molecular complexity index is 881. The summed E-state index contributed by atoms with van der Waals surface area (Å²) in [5.74, 6) is -0.0527. The van der Waals surface area contributed by atoms with Gasteiger partial charge < -0.3 is 9.88 Å². The van der Waals surface area contributed by atoms with Crippen LogP contribution in [0.3, 0.4) is 0 Å². The molecule has 0 radical (unpaired) electrons. The molecule has 0 unspecified atom stereocenters. The Hall–Kier alpha value is -2.88. The van der Waals surface area contributed by atoms with Crippen molar-refractivity contribution in [1.82, 2.24) is 14.9 Å². The van der Waals surface area contributed by atoms with Gasteiger partial charge in [-0.25, -0.2) is 0 Å². The topological polar surface area (TPSA) is 46.9 Å². The molecule has 128 valence electrons. The van der Waals surface area contributed by atoms with Crippen LogP contribution in [0.2, 0.25) is 0 Å². The normalized spacial score (nSPS) is 10.7. The molecule has 0 fully saturated rings. The smallest absolute Gasteiger partial charge is 0.268 e. The molecule has 25 heavy (non-hydrogen) atoms. The Morgan fingerprint density at radius 3 is 2.60 bits per heavy atom. The van der Waals surface area contributed by atoms with Crippen molar-refractivity contribution in [3.8, 4) is 0 Å². The third-order valence-electron chi connectivity index (χ3n) is 4.48. The van der Waals surface area contributed by atoms with Crippen molar-refractivity contribution in [2.24, 2.45) is 0 Å². The molecule has 0 aliphatic carbocycles. The summed E-state index contributed by atoms with van der Waals surface area (Å²) in [4.78, 5) is 16.9. The summed E-state index contributed by atoms with van der Waals surface area (Å²) in [7, 11) is 0. The molecule has 2 heterocycles. The largest absolute Gasteiger partial charge is 0.347 e. The van der Waals surface area contributed by atoms with E-state index in [-0.39, 0.29) is 5.91 Å². The average molecular weight is 333 g/mol. The minimum absolute atomic E-state index is 0.0527. The lowest BCUT2D eigenvalue weighted by atomic mass is 10.1. The summed E-state index contributed by atoms with van der Waals surface area (Å²) >= 11 is 0. The van der Waals surface area contributed by atoms with E-state index in [2.05, 4.69) is 40.0 Å². The SMILES string of the molecule is Cc1ccccc1Cn1c(C)cc(C)c1C(=O)NCc1cccnc1. The van der Waals surface area contributed by atoms with Crippen LogP contribution < -0.4 is 5.32 Å². The van der Waals surface area contributed by atoms with Crippen molar-refractivity contribution in [1.29, 1.82) is 0 Å². The Morgan fingerprint density at radius 1 is 1.08 bits per heavy atom. The number of carbonyl (C=O) groups excluding carboxylic acids is 1. The summed E-state index contributed by atoms with van der Waals surface area (Å²) in [5.41, 5.74) is 6.26. The first-order valence-corrected chi connectivity index (χ1v) is 8.44. The summed E-state index contributed by atoms with van der Waals surface area (Å²) in [6, 6.07) is 14.2. The van der Waals surface area contributed by atoms with Crippen molar-refractivity contribution in [2.45, 2.75) is 33.9 Å². The number of aryl methyl sites for hydroxylation is 3. The van der Waals surface area contributed by atoms with E-state index in [1.54, 1.807) is 12.4 Å². The van der Waals surface area contributed by atoms with Gasteiger partial charge in [-0.2, -0.15) is 0 Å². The second-order valence-corrected chi connectivity index (χ2v) is 6.37. The molecule has 1 N–H and O–H groups in total. The van der Waals surface area contributed by atoms with Gasteiger partial charge in [-0.15, -0.1) is 0 Å². The number of amides is 1. The molecular formula is C21H23N3O. The van der Waals surface area contributed by atoms with E-state index in [1.807, 2.05) is 38.1 Å². The zero-order valence-electron chi connectivity index (χ0n) is 14.9. The third kappa shape index (κ3) is 3.79. The lowest BCUT2D eigenvalue weighted by Crippen LogP contribution is -2.26. The number of aromatic nitrogens is 2. The number of nitrogens with zero attached hydrogens (tertiary/aromatic N) is 2. The lowest BCUT2D eigenvalue weighted by Gasteiger charge is -2.14. The van der Waals surface area contributed by atoms with Crippen molar-refractivity contribution in [3.05, 3.63) is 88.5 Å². The predicted molar refractivity (Wildman–Crippen MR) is 99.6 cm³/mol. The maximum absolute atomic E-state index is 12.8. The zero-order valence-corrected chi connectivity index (χ0v) is 14.9. The highest BCUT2D eigenvalue weighted by Gasteiger charge is 2.17. The molecule has 0 aliphatic heterocycles. The third-order valence-corrected chi connectivity index (χ3v) is 4.48. The summed E-state index contributed by atoms with van der Waals surface area (Å²) in [6.45, 7) is 7.30. The standard InChI is InChI=1S/C21H23N3O/c1-15-7-4-5-9-19(15)14-24-17(3)11-16(2)20(24)21(25)23-13-18-8-6-10-22-12-18/h4-12H,13-14H2,1-3H3,(H,23,25). The first-order chi connectivity index (χ1) is 12.1. The number of hydrogen-bond donors (Lipinski definition) is 1. The van der Waals surface area contributed by atoms with Gasteiger partial charge in [-0.3, -0.25) is 9.78 Å². The van der Waals surface area contributed by atoms with Gasteiger partial charge in [0.2, 0.25) is 0 Å². The molecule has 4 nitrogen and oxygen atoms in total. The first kappa shape index (κ1) is 17.0. The fourth-order valence-electron chi connectivity index (χ4n) is 3.08. The highest BCUT2D eigenvalue weighted by atomic mass is 16.1. The summed E-state index contributed by atoms with van der Waals surface area (Å²) in [5, 5.41) is 3.01. The molecule has 4 heteroatoms. The van der Waals surface area contributed by atoms with Crippen LogP contribution in [0.5, 0.6) is 0 Å². The quantitative estimate of drug-likeness (QED) is 0.772. The molecule has 3 aromatic rings. The van der Waals surface area contributed by atoms with Gasteiger partial charge in [0.25, 0.3) is 5.91 Å². The Labute approximate surface area is 148 Å². The average Bonchev–Trinajstić information content (AvgIpc) is 2.89. The Morgan fingerprint density at radius 2 is 1.88 bits per heavy atom. The van der Waals surface area contributed by atoms with Crippen LogP contribution in [-0.4, -0.2) is 15.5 Å². The van der Waals surface area contributed by atoms with Crippen LogP contribution >= 0.6 is 0 Å². The summed E-state index contributed by atoms with van der Waals surface area (Å²) < 4.78 is 2.09. The second kappa shape index (κ2) is 7.34. The summed E-state index contributed by atoms with van der Waals surface area (Å²) in [6.07, 6.45) is 3.50. The number of pyridine rings is 1. The van der Waals surface area contributed by atoms with E-state index in [0.29, 0.717) is 13.1 Å². The van der Waals surface area contributed by atoms with Crippen molar-refractivity contribution >= 4 is 5.91 Å². The lowest BCUT2D eigenvalue weighted by molar-refractivity contribution is 0.0941. The molecular weight excluding hydrogens is 310 g/mol. The molecule has 0 aliphatic rings. The fraction of sp³-hybridized carbons (Fsp3) is 0.238. The van der Waals surface area contributed by atoms with Crippen LogP contribution in [0, 0.1) is 20.8 Å². The molecule has 1 aromatic carbocycles. The van der Waals surface area contributed by atoms with Gasteiger partial charge in [0, 0.05) is 31.2 Å². The van der Waals surface area contributed by atoms with Crippen LogP contribution in [-0.2, 0) is 13.1 Å². The van der Waals surface area contributed by atoms with E-state index < -0.39 is 0 Å². The number of hydrogen-bond acceptors (Lipinski definition) is 2. The van der Waals surface area contributed by atoms with E-state index >= 15 is 0 Å². The maximum atomic E-state index is 12.8. The number of benzene rings is 1. The molecule has 0 bridgehead atoms. The molecule has 0 saturated heterocycles. The number of rotatable bonds is 5. The van der Waals surface area contributed by atoms with Gasteiger partial charge in [-0.05, 0) is 55.2 Å². The van der Waals surface area contributed by atoms with Crippen LogP contribution in [0.1, 0.15) is 38.4 Å². The Kier molecular flexibility index (Phi) is 4.98. The Balaban J connectivity index is 1.83. The molecule has 3 rings (SSSR count). The second-order valence-electron chi connectivity index (χ2n) is 6.37. The van der Waals surface area contributed by atoms with Gasteiger partial charge >= 0.3 is 0 Å². The number of nitrogens with one attached hydrogen (secondary N) is 1. The molecule has 1 amide bonds. The zero-order chi connectivity index (χ0) is 17.8. The van der Waals surface area contributed by atoms with Crippen molar-refractivity contribution < 1.29 is 4.79 Å². The highest BCUT2D eigenvalue weighted by Crippen LogP contribution is 2.19. The first-order valence-electron chi connectivity index (χ1n) is 8.44. The minimum atomic E-state index is -0.0527. The molecule has 2 aromatic heterocycles.